The van der Waals surface area contributed by atoms with E-state index in [1.165, 1.54) is 16.8 Å². The summed E-state index contributed by atoms with van der Waals surface area (Å²) < 4.78 is 59.8. The van der Waals surface area contributed by atoms with Gasteiger partial charge in [0.2, 0.25) is 0 Å². The van der Waals surface area contributed by atoms with Crippen LogP contribution in [-0.4, -0.2) is 32.6 Å². The highest BCUT2D eigenvalue weighted by atomic mass is 32.2. The lowest BCUT2D eigenvalue weighted by Crippen LogP contribution is -2.39. The van der Waals surface area contributed by atoms with Gasteiger partial charge in [-0.25, -0.2) is 8.42 Å². The summed E-state index contributed by atoms with van der Waals surface area (Å²) in [5.74, 6) is 0. The van der Waals surface area contributed by atoms with Crippen molar-refractivity contribution >= 4 is 15.8 Å². The Morgan fingerprint density at radius 3 is 1.80 bits per heavy atom. The lowest BCUT2D eigenvalue weighted by atomic mass is 10.1. The fourth-order valence-corrected chi connectivity index (χ4v) is 2.07. The molecule has 0 aliphatic heterocycles. The molecule has 4 nitrogen and oxygen atoms in total. The van der Waals surface area contributed by atoms with Crippen molar-refractivity contribution in [2.24, 2.45) is 0 Å². The highest BCUT2D eigenvalue weighted by Crippen LogP contribution is 2.21. The topological polar surface area (TPSA) is 57.2 Å². The predicted octanol–water partition coefficient (Wildman–Crippen LogP) is 3.81. The van der Waals surface area contributed by atoms with E-state index in [9.17, 15) is 13.2 Å². The van der Waals surface area contributed by atoms with Gasteiger partial charge in [0, 0.05) is 5.56 Å². The zero-order valence-electron chi connectivity index (χ0n) is 14.1. The van der Waals surface area contributed by atoms with Gasteiger partial charge in [-0.2, -0.15) is 13.2 Å². The number of aryl methyl sites for hydroxylation is 1. The first-order valence-corrected chi connectivity index (χ1v) is 8.70. The number of hydrogen-bond donors (Lipinski definition) is 0. The summed E-state index contributed by atoms with van der Waals surface area (Å²) in [5.41, 5.74) is -1.61. The fraction of sp³-hybridized carbons (Fsp3) is 0.294. The van der Waals surface area contributed by atoms with Crippen LogP contribution in [0.4, 0.5) is 18.9 Å². The van der Waals surface area contributed by atoms with Gasteiger partial charge in [-0.15, -0.1) is 0 Å². The summed E-state index contributed by atoms with van der Waals surface area (Å²) in [6.07, 6.45) is 0. The van der Waals surface area contributed by atoms with Gasteiger partial charge >= 0.3 is 5.51 Å². The molecule has 0 amide bonds. The van der Waals surface area contributed by atoms with Gasteiger partial charge in [0.05, 0.1) is 14.1 Å². The van der Waals surface area contributed by atoms with Gasteiger partial charge < -0.3 is 4.55 Å². The van der Waals surface area contributed by atoms with E-state index >= 15 is 0 Å². The van der Waals surface area contributed by atoms with Gasteiger partial charge in [-0.1, -0.05) is 48.0 Å². The van der Waals surface area contributed by atoms with Crippen molar-refractivity contribution in [1.82, 2.24) is 4.48 Å². The summed E-state index contributed by atoms with van der Waals surface area (Å²) in [6.45, 7) is 3.14. The lowest BCUT2D eigenvalue weighted by Gasteiger charge is -2.29. The molecule has 0 saturated carbocycles. The lowest BCUT2D eigenvalue weighted by molar-refractivity contribution is -0.0517. The van der Waals surface area contributed by atoms with E-state index < -0.39 is 15.6 Å². The predicted molar refractivity (Wildman–Crippen MR) is 90.7 cm³/mol. The van der Waals surface area contributed by atoms with Crippen molar-refractivity contribution < 1.29 is 26.1 Å². The monoisotopic (exact) mass is 375 g/mol. The Labute approximate surface area is 145 Å². The molecule has 0 atom stereocenters. The van der Waals surface area contributed by atoms with Crippen molar-refractivity contribution in [1.29, 1.82) is 0 Å². The van der Waals surface area contributed by atoms with E-state index in [4.69, 9.17) is 13.0 Å². The van der Waals surface area contributed by atoms with E-state index in [1.54, 1.807) is 0 Å². The summed E-state index contributed by atoms with van der Waals surface area (Å²) in [5, 5.41) is 0. The van der Waals surface area contributed by atoms with E-state index in [0.717, 1.165) is 11.0 Å². The van der Waals surface area contributed by atoms with Gasteiger partial charge in [0.15, 0.2) is 10.1 Å². The van der Waals surface area contributed by atoms with Gasteiger partial charge in [-0.05, 0) is 19.1 Å². The first kappa shape index (κ1) is 21.1. The van der Waals surface area contributed by atoms with Crippen LogP contribution in [-0.2, 0) is 16.7 Å². The molecular formula is C17H20F3NO3S. The first-order valence-electron chi connectivity index (χ1n) is 7.29. The first-order chi connectivity index (χ1) is 11.3. The van der Waals surface area contributed by atoms with Crippen LogP contribution < -0.4 is 4.48 Å². The molecule has 0 N–H and O–H groups in total. The molecule has 0 radical (unpaired) electrons. The van der Waals surface area contributed by atoms with E-state index in [-0.39, 0.29) is 0 Å². The normalized spacial score (nSPS) is 12.3. The molecule has 25 heavy (non-hydrogen) atoms. The molecule has 2 aromatic rings. The van der Waals surface area contributed by atoms with Crippen LogP contribution in [0, 0.1) is 6.92 Å². The van der Waals surface area contributed by atoms with Crippen molar-refractivity contribution in [3.63, 3.8) is 0 Å². The second-order valence-electron chi connectivity index (χ2n) is 6.06. The van der Waals surface area contributed by atoms with Crippen molar-refractivity contribution in [3.05, 3.63) is 65.7 Å². The van der Waals surface area contributed by atoms with Crippen molar-refractivity contribution in [2.75, 3.05) is 14.1 Å². The summed E-state index contributed by atoms with van der Waals surface area (Å²) in [6, 6.07) is 19.4. The maximum atomic E-state index is 10.7. The average Bonchev–Trinajstić information content (AvgIpc) is 2.49. The number of rotatable bonds is 3. The van der Waals surface area contributed by atoms with Crippen LogP contribution in [0.25, 0.3) is 0 Å². The second kappa shape index (κ2) is 7.99. The fourth-order valence-electron chi connectivity index (χ4n) is 2.07. The third kappa shape index (κ3) is 6.85. The Hall–Kier alpha value is -1.90. The minimum atomic E-state index is -6.09. The Morgan fingerprint density at radius 1 is 0.960 bits per heavy atom. The van der Waals surface area contributed by atoms with Crippen LogP contribution in [0.3, 0.4) is 0 Å². The number of halogens is 3. The number of para-hydroxylation sites is 1. The molecule has 0 aliphatic carbocycles. The molecule has 0 aromatic heterocycles. The Balaban J connectivity index is 0.000000333. The van der Waals surface area contributed by atoms with Crippen LogP contribution >= 0.6 is 0 Å². The molecule has 2 rings (SSSR count). The number of benzene rings is 2. The quantitative estimate of drug-likeness (QED) is 0.466. The van der Waals surface area contributed by atoms with Gasteiger partial charge in [0.25, 0.3) is 0 Å². The van der Waals surface area contributed by atoms with Gasteiger partial charge in [0.1, 0.15) is 12.2 Å². The smallest absolute Gasteiger partial charge is 0.485 e. The molecule has 0 aliphatic rings. The average molecular weight is 375 g/mol. The Bertz CT molecular complexity index is 771. The summed E-state index contributed by atoms with van der Waals surface area (Å²) in [7, 11) is -1.60. The zero-order valence-corrected chi connectivity index (χ0v) is 14.9. The highest BCUT2D eigenvalue weighted by molar-refractivity contribution is 7.86. The zero-order chi connectivity index (χ0) is 19.3. The third-order valence-corrected chi connectivity index (χ3v) is 4.00. The molecule has 0 heterocycles. The SMILES string of the molecule is Cc1ccc(C[N+](C)(C)c2ccccc2)cc1.O=S(=O)([O-])C(F)(F)F. The maximum absolute atomic E-state index is 10.7. The highest BCUT2D eigenvalue weighted by Gasteiger charge is 2.36. The number of nitrogens with zero attached hydrogens (tertiary/aromatic N) is 1. The third-order valence-electron chi connectivity index (χ3n) is 3.44. The molecular weight excluding hydrogens is 355 g/mol. The number of hydrogen-bond acceptors (Lipinski definition) is 3. The molecule has 0 unspecified atom stereocenters. The van der Waals surface area contributed by atoms with Gasteiger partial charge in [-0.3, -0.25) is 4.48 Å². The van der Waals surface area contributed by atoms with E-state index in [2.05, 4.69) is 75.6 Å². The van der Waals surface area contributed by atoms with E-state index in [0.29, 0.717) is 0 Å². The number of quaternary nitrogens is 1. The van der Waals surface area contributed by atoms with Crippen molar-refractivity contribution in [2.45, 2.75) is 19.0 Å². The molecule has 0 bridgehead atoms. The molecule has 2 aromatic carbocycles. The number of alkyl halides is 3. The largest absolute Gasteiger partial charge is 0.741 e. The van der Waals surface area contributed by atoms with Crippen LogP contribution in [0.5, 0.6) is 0 Å². The molecule has 0 saturated heterocycles. The Morgan fingerprint density at radius 2 is 1.40 bits per heavy atom. The standard InChI is InChI=1S/C16H20N.CHF3O3S/c1-14-9-11-15(12-10-14)13-17(2,3)16-7-5-4-6-8-16;2-1(3,4)8(5,6)7/h4-12H,13H2,1-3H3;(H,5,6,7)/q+1;/p-1. The van der Waals surface area contributed by atoms with Crippen molar-refractivity contribution in [3.8, 4) is 0 Å². The summed E-state index contributed by atoms with van der Waals surface area (Å²) in [4.78, 5) is 0. The van der Waals surface area contributed by atoms with Crippen LogP contribution in [0.1, 0.15) is 11.1 Å². The van der Waals surface area contributed by atoms with Crippen LogP contribution in [0.15, 0.2) is 54.6 Å². The minimum absolute atomic E-state index is 0.879. The Kier molecular flexibility index (Phi) is 6.75. The molecule has 0 spiro atoms. The van der Waals surface area contributed by atoms with E-state index in [1.807, 2.05) is 0 Å². The molecule has 138 valence electrons. The molecule has 0 fully saturated rings. The minimum Gasteiger partial charge on any atom is -0.741 e. The summed E-state index contributed by atoms with van der Waals surface area (Å²) >= 11 is 0. The molecule has 8 heteroatoms. The van der Waals surface area contributed by atoms with Crippen LogP contribution in [0.2, 0.25) is 0 Å². The maximum Gasteiger partial charge on any atom is 0.485 e. The second-order valence-corrected chi connectivity index (χ2v) is 7.44.